The minimum Gasteiger partial charge on any atom is -0.369 e. The second-order valence-corrected chi connectivity index (χ2v) is 3.53. The molecule has 0 saturated carbocycles. The second kappa shape index (κ2) is 7.76. The van der Waals surface area contributed by atoms with Crippen LogP contribution in [0, 0.1) is 5.92 Å². The Balaban J connectivity index is 3.41. The fourth-order valence-electron chi connectivity index (χ4n) is 1.20. The van der Waals surface area contributed by atoms with Gasteiger partial charge in [-0.1, -0.05) is 20.8 Å². The van der Waals surface area contributed by atoms with Crippen LogP contribution in [0.25, 0.3) is 0 Å². The van der Waals surface area contributed by atoms with Crippen LogP contribution in [0.3, 0.4) is 0 Å². The van der Waals surface area contributed by atoms with Gasteiger partial charge in [0.15, 0.2) is 0 Å². The van der Waals surface area contributed by atoms with Crippen LogP contribution in [0.15, 0.2) is 0 Å². The van der Waals surface area contributed by atoms with Crippen molar-refractivity contribution in [2.24, 2.45) is 11.7 Å². The molecule has 0 aromatic carbocycles. The fraction of sp³-hybridized carbons (Fsp3) is 0.900. The van der Waals surface area contributed by atoms with Crippen molar-refractivity contribution in [1.29, 1.82) is 0 Å². The monoisotopic (exact) mass is 201 g/mol. The van der Waals surface area contributed by atoms with E-state index in [0.717, 1.165) is 26.2 Å². The Morgan fingerprint density at radius 3 is 2.43 bits per heavy atom. The molecule has 3 N–H and O–H groups in total. The SMILES string of the molecule is CCN(CC)CCNCC(C)C(N)=O. The van der Waals surface area contributed by atoms with E-state index in [1.807, 2.05) is 6.92 Å². The Morgan fingerprint density at radius 2 is 2.00 bits per heavy atom. The van der Waals surface area contributed by atoms with Crippen LogP contribution in [0.2, 0.25) is 0 Å². The number of nitrogens with two attached hydrogens (primary N) is 1. The van der Waals surface area contributed by atoms with Crippen LogP contribution in [-0.4, -0.2) is 43.5 Å². The largest absolute Gasteiger partial charge is 0.369 e. The molecule has 1 atom stereocenters. The summed E-state index contributed by atoms with van der Waals surface area (Å²) >= 11 is 0. The summed E-state index contributed by atoms with van der Waals surface area (Å²) in [6, 6.07) is 0. The molecule has 0 aliphatic heterocycles. The molecule has 0 rings (SSSR count). The third kappa shape index (κ3) is 5.94. The molecule has 14 heavy (non-hydrogen) atoms. The lowest BCUT2D eigenvalue weighted by Crippen LogP contribution is -2.36. The van der Waals surface area contributed by atoms with E-state index in [-0.39, 0.29) is 11.8 Å². The van der Waals surface area contributed by atoms with Gasteiger partial charge in [-0.2, -0.15) is 0 Å². The summed E-state index contributed by atoms with van der Waals surface area (Å²) in [4.78, 5) is 13.0. The molecule has 0 aliphatic carbocycles. The molecule has 0 radical (unpaired) electrons. The van der Waals surface area contributed by atoms with Crippen molar-refractivity contribution in [2.75, 3.05) is 32.7 Å². The number of hydrogen-bond donors (Lipinski definition) is 2. The first-order valence-electron chi connectivity index (χ1n) is 5.34. The maximum absolute atomic E-state index is 10.7. The molecule has 0 heterocycles. The molecular weight excluding hydrogens is 178 g/mol. The van der Waals surface area contributed by atoms with Crippen molar-refractivity contribution in [3.63, 3.8) is 0 Å². The van der Waals surface area contributed by atoms with Gasteiger partial charge in [-0.25, -0.2) is 0 Å². The van der Waals surface area contributed by atoms with Crippen LogP contribution in [0.1, 0.15) is 20.8 Å². The maximum atomic E-state index is 10.7. The third-order valence-electron chi connectivity index (χ3n) is 2.44. The Hall–Kier alpha value is -0.610. The van der Waals surface area contributed by atoms with E-state index in [1.54, 1.807) is 0 Å². The molecule has 0 saturated heterocycles. The lowest BCUT2D eigenvalue weighted by Gasteiger charge is -2.18. The zero-order valence-electron chi connectivity index (χ0n) is 9.55. The number of nitrogens with one attached hydrogen (secondary N) is 1. The molecule has 0 aliphatic rings. The molecule has 4 nitrogen and oxygen atoms in total. The number of primary amides is 1. The van der Waals surface area contributed by atoms with Gasteiger partial charge in [0.1, 0.15) is 0 Å². The predicted molar refractivity (Wildman–Crippen MR) is 59.0 cm³/mol. The predicted octanol–water partition coefficient (Wildman–Crippen LogP) is 0.0392. The number of carbonyl (C=O) groups is 1. The zero-order valence-corrected chi connectivity index (χ0v) is 9.55. The van der Waals surface area contributed by atoms with Gasteiger partial charge in [-0.3, -0.25) is 4.79 Å². The minimum absolute atomic E-state index is 0.0771. The molecular formula is C10H23N3O. The van der Waals surface area contributed by atoms with E-state index in [2.05, 4.69) is 24.1 Å². The Bertz CT molecular complexity index is 157. The van der Waals surface area contributed by atoms with E-state index < -0.39 is 0 Å². The molecule has 0 aromatic heterocycles. The zero-order chi connectivity index (χ0) is 11.0. The summed E-state index contributed by atoms with van der Waals surface area (Å²) in [5.74, 6) is -0.313. The van der Waals surface area contributed by atoms with Crippen molar-refractivity contribution < 1.29 is 4.79 Å². The molecule has 1 amide bonds. The van der Waals surface area contributed by atoms with Crippen molar-refractivity contribution in [1.82, 2.24) is 10.2 Å². The summed E-state index contributed by atoms with van der Waals surface area (Å²) < 4.78 is 0. The molecule has 0 spiro atoms. The highest BCUT2D eigenvalue weighted by atomic mass is 16.1. The van der Waals surface area contributed by atoms with Gasteiger partial charge >= 0.3 is 0 Å². The first-order chi connectivity index (χ1) is 6.61. The lowest BCUT2D eigenvalue weighted by molar-refractivity contribution is -0.121. The highest BCUT2D eigenvalue weighted by Crippen LogP contribution is 1.89. The van der Waals surface area contributed by atoms with Crippen molar-refractivity contribution in [2.45, 2.75) is 20.8 Å². The Labute approximate surface area is 86.8 Å². The molecule has 0 aromatic rings. The second-order valence-electron chi connectivity index (χ2n) is 3.53. The molecule has 4 heteroatoms. The van der Waals surface area contributed by atoms with E-state index in [1.165, 1.54) is 0 Å². The van der Waals surface area contributed by atoms with Crippen LogP contribution >= 0.6 is 0 Å². The van der Waals surface area contributed by atoms with E-state index >= 15 is 0 Å². The highest BCUT2D eigenvalue weighted by Gasteiger charge is 2.07. The van der Waals surface area contributed by atoms with Crippen molar-refractivity contribution >= 4 is 5.91 Å². The third-order valence-corrected chi connectivity index (χ3v) is 2.44. The summed E-state index contributed by atoms with van der Waals surface area (Å²) in [6.07, 6.45) is 0. The Morgan fingerprint density at radius 1 is 1.43 bits per heavy atom. The van der Waals surface area contributed by atoms with Gasteiger partial charge < -0.3 is 16.0 Å². The van der Waals surface area contributed by atoms with Crippen LogP contribution < -0.4 is 11.1 Å². The number of carbonyl (C=O) groups excluding carboxylic acids is 1. The van der Waals surface area contributed by atoms with Crippen LogP contribution in [-0.2, 0) is 4.79 Å². The maximum Gasteiger partial charge on any atom is 0.221 e. The average molecular weight is 201 g/mol. The summed E-state index contributed by atoms with van der Waals surface area (Å²) in [5.41, 5.74) is 5.14. The molecule has 0 fully saturated rings. The van der Waals surface area contributed by atoms with E-state index in [4.69, 9.17) is 5.73 Å². The van der Waals surface area contributed by atoms with Gasteiger partial charge in [-0.15, -0.1) is 0 Å². The highest BCUT2D eigenvalue weighted by molar-refractivity contribution is 5.76. The number of nitrogens with zero attached hydrogens (tertiary/aromatic N) is 1. The van der Waals surface area contributed by atoms with Gasteiger partial charge in [-0.05, 0) is 13.1 Å². The smallest absolute Gasteiger partial charge is 0.221 e. The van der Waals surface area contributed by atoms with Gasteiger partial charge in [0, 0.05) is 25.6 Å². The topological polar surface area (TPSA) is 58.4 Å². The van der Waals surface area contributed by atoms with Gasteiger partial charge in [0.05, 0.1) is 0 Å². The number of amides is 1. The van der Waals surface area contributed by atoms with Crippen molar-refractivity contribution in [3.05, 3.63) is 0 Å². The number of likely N-dealkylation sites (N-methyl/N-ethyl adjacent to an activating group) is 1. The van der Waals surface area contributed by atoms with E-state index in [9.17, 15) is 4.79 Å². The lowest BCUT2D eigenvalue weighted by atomic mass is 10.2. The summed E-state index contributed by atoms with van der Waals surface area (Å²) in [6.45, 7) is 10.9. The van der Waals surface area contributed by atoms with Crippen LogP contribution in [0.5, 0.6) is 0 Å². The average Bonchev–Trinajstić information content (AvgIpc) is 2.17. The molecule has 1 unspecified atom stereocenters. The summed E-state index contributed by atoms with van der Waals surface area (Å²) in [5, 5.41) is 3.22. The van der Waals surface area contributed by atoms with E-state index in [0.29, 0.717) is 6.54 Å². The number of hydrogen-bond acceptors (Lipinski definition) is 3. The first kappa shape index (κ1) is 13.4. The standard InChI is InChI=1S/C10H23N3O/c1-4-13(5-2)7-6-12-8-9(3)10(11)14/h9,12H,4-8H2,1-3H3,(H2,11,14). The van der Waals surface area contributed by atoms with Gasteiger partial charge in [0.2, 0.25) is 5.91 Å². The van der Waals surface area contributed by atoms with Crippen molar-refractivity contribution in [3.8, 4) is 0 Å². The van der Waals surface area contributed by atoms with Crippen LogP contribution in [0.4, 0.5) is 0 Å². The molecule has 84 valence electrons. The van der Waals surface area contributed by atoms with Gasteiger partial charge in [0.25, 0.3) is 0 Å². The first-order valence-corrected chi connectivity index (χ1v) is 5.34. The normalized spacial score (nSPS) is 13.1. The Kier molecular flexibility index (Phi) is 7.42. The fourth-order valence-corrected chi connectivity index (χ4v) is 1.20. The summed E-state index contributed by atoms with van der Waals surface area (Å²) in [7, 11) is 0. The quantitative estimate of drug-likeness (QED) is 0.545. The molecule has 0 bridgehead atoms. The number of rotatable bonds is 8. The minimum atomic E-state index is -0.236.